The van der Waals surface area contributed by atoms with Gasteiger partial charge < -0.3 is 19.0 Å². The SMILES string of the molecule is CO[C@@H](C(=O)c1cc(-c2cccc(C)c2)c(CCCCCCO)o1)C(=O)N1C(=O)O[C@H](c2ccccc2)[C@@H]1C. The van der Waals surface area contributed by atoms with E-state index in [-0.39, 0.29) is 12.4 Å². The van der Waals surface area contributed by atoms with Gasteiger partial charge in [-0.3, -0.25) is 9.59 Å². The van der Waals surface area contributed by atoms with Crippen LogP contribution in [0.15, 0.2) is 65.1 Å². The largest absolute Gasteiger partial charge is 0.457 e. The molecule has 2 aromatic carbocycles. The van der Waals surface area contributed by atoms with Crippen molar-refractivity contribution >= 4 is 17.8 Å². The number of imide groups is 1. The number of hydrogen-bond donors (Lipinski definition) is 1. The van der Waals surface area contributed by atoms with Crippen molar-refractivity contribution in [2.75, 3.05) is 13.7 Å². The molecule has 2 amide bonds. The minimum Gasteiger partial charge on any atom is -0.457 e. The van der Waals surface area contributed by atoms with Crippen molar-refractivity contribution < 1.29 is 33.4 Å². The van der Waals surface area contributed by atoms with Crippen molar-refractivity contribution in [3.63, 3.8) is 0 Å². The van der Waals surface area contributed by atoms with Crippen LogP contribution in [0.3, 0.4) is 0 Å². The summed E-state index contributed by atoms with van der Waals surface area (Å²) in [4.78, 5) is 40.7. The second kappa shape index (κ2) is 12.9. The molecule has 1 aliphatic heterocycles. The number of aryl methyl sites for hydroxylation is 2. The molecule has 2 heterocycles. The molecule has 0 bridgehead atoms. The zero-order valence-electron chi connectivity index (χ0n) is 22.6. The van der Waals surface area contributed by atoms with Gasteiger partial charge in [-0.05, 0) is 43.9 Å². The van der Waals surface area contributed by atoms with Gasteiger partial charge in [-0.25, -0.2) is 9.69 Å². The maximum atomic E-state index is 13.6. The third kappa shape index (κ3) is 6.29. The molecular formula is C31H35NO7. The lowest BCUT2D eigenvalue weighted by atomic mass is 10.00. The Morgan fingerprint density at radius 1 is 1.03 bits per heavy atom. The van der Waals surface area contributed by atoms with Gasteiger partial charge in [0, 0.05) is 25.7 Å². The van der Waals surface area contributed by atoms with E-state index in [1.807, 2.05) is 61.5 Å². The number of benzene rings is 2. The fourth-order valence-electron chi connectivity index (χ4n) is 4.96. The highest BCUT2D eigenvalue weighted by Gasteiger charge is 2.47. The third-order valence-electron chi connectivity index (χ3n) is 7.03. The van der Waals surface area contributed by atoms with E-state index in [9.17, 15) is 14.4 Å². The average Bonchev–Trinajstić information content (AvgIpc) is 3.49. The number of nitrogens with zero attached hydrogens (tertiary/aromatic N) is 1. The zero-order valence-corrected chi connectivity index (χ0v) is 22.6. The summed E-state index contributed by atoms with van der Waals surface area (Å²) in [5, 5.41) is 9.04. The van der Waals surface area contributed by atoms with Crippen molar-refractivity contribution in [1.82, 2.24) is 4.90 Å². The molecule has 39 heavy (non-hydrogen) atoms. The van der Waals surface area contributed by atoms with Gasteiger partial charge in [-0.1, -0.05) is 73.0 Å². The van der Waals surface area contributed by atoms with Crippen LogP contribution in [-0.2, 0) is 20.7 Å². The van der Waals surface area contributed by atoms with Crippen molar-refractivity contribution in [2.45, 2.75) is 64.2 Å². The molecule has 4 rings (SSSR count). The van der Waals surface area contributed by atoms with Crippen molar-refractivity contribution in [3.8, 4) is 11.1 Å². The predicted molar refractivity (Wildman–Crippen MR) is 145 cm³/mol. The quantitative estimate of drug-likeness (QED) is 0.182. The Hall–Kier alpha value is -3.75. The molecule has 8 heteroatoms. The van der Waals surface area contributed by atoms with Gasteiger partial charge in [0.05, 0.1) is 6.04 Å². The van der Waals surface area contributed by atoms with Gasteiger partial charge in [0.2, 0.25) is 11.9 Å². The summed E-state index contributed by atoms with van der Waals surface area (Å²) in [6, 6.07) is 18.1. The minimum atomic E-state index is -1.57. The van der Waals surface area contributed by atoms with Crippen LogP contribution in [0.4, 0.5) is 4.79 Å². The number of aliphatic hydroxyl groups excluding tert-OH is 1. The lowest BCUT2D eigenvalue weighted by Crippen LogP contribution is -2.47. The summed E-state index contributed by atoms with van der Waals surface area (Å²) in [7, 11) is 1.26. The second-order valence-corrected chi connectivity index (χ2v) is 9.85. The topological polar surface area (TPSA) is 106 Å². The number of rotatable bonds is 12. The lowest BCUT2D eigenvalue weighted by Gasteiger charge is -2.22. The maximum absolute atomic E-state index is 13.6. The normalized spacial score (nSPS) is 17.7. The molecule has 0 saturated carbocycles. The van der Waals surface area contributed by atoms with E-state index in [2.05, 4.69) is 0 Å². The molecule has 206 valence electrons. The standard InChI is InChI=1S/C31H35NO7/c1-20-12-11-15-23(18-20)24-19-26(38-25(24)16-9-4-5-10-17-33)27(34)29(37-3)30(35)32-21(2)28(39-31(32)36)22-13-7-6-8-14-22/h6-8,11-15,18-19,21,28-29,33H,4-5,9-10,16-17H2,1-3H3/t21-,28-,29-/m0/s1. The first kappa shape index (κ1) is 28.3. The van der Waals surface area contributed by atoms with Crippen LogP contribution in [0.25, 0.3) is 11.1 Å². The molecule has 0 aliphatic carbocycles. The molecule has 0 unspecified atom stereocenters. The van der Waals surface area contributed by atoms with Gasteiger partial charge in [-0.15, -0.1) is 0 Å². The van der Waals surface area contributed by atoms with Gasteiger partial charge in [0.15, 0.2) is 5.76 Å². The highest BCUT2D eigenvalue weighted by Crippen LogP contribution is 2.34. The average molecular weight is 534 g/mol. The van der Waals surface area contributed by atoms with E-state index in [1.165, 1.54) is 7.11 Å². The number of furan rings is 1. The Morgan fingerprint density at radius 2 is 1.77 bits per heavy atom. The molecule has 0 spiro atoms. The molecular weight excluding hydrogens is 498 g/mol. The van der Waals surface area contributed by atoms with Crippen LogP contribution < -0.4 is 0 Å². The van der Waals surface area contributed by atoms with Crippen LogP contribution in [0.1, 0.15) is 66.2 Å². The van der Waals surface area contributed by atoms with Crippen LogP contribution in [0, 0.1) is 6.92 Å². The highest BCUT2D eigenvalue weighted by atomic mass is 16.6. The molecule has 3 atom stereocenters. The van der Waals surface area contributed by atoms with Crippen LogP contribution in [0.2, 0.25) is 0 Å². The number of carbonyl (C=O) groups excluding carboxylic acids is 3. The number of hydrogen-bond acceptors (Lipinski definition) is 7. The van der Waals surface area contributed by atoms with Crippen molar-refractivity contribution in [1.29, 1.82) is 0 Å². The number of ether oxygens (including phenoxy) is 2. The number of amides is 2. The number of cyclic esters (lactones) is 1. The predicted octanol–water partition coefficient (Wildman–Crippen LogP) is 5.66. The van der Waals surface area contributed by atoms with Crippen molar-refractivity contribution in [3.05, 3.63) is 83.3 Å². The summed E-state index contributed by atoms with van der Waals surface area (Å²) in [5.41, 5.74) is 3.51. The van der Waals surface area contributed by atoms with E-state index in [0.717, 1.165) is 52.8 Å². The summed E-state index contributed by atoms with van der Waals surface area (Å²) < 4.78 is 16.9. The number of ketones is 1. The molecule has 1 saturated heterocycles. The first-order chi connectivity index (χ1) is 18.8. The van der Waals surface area contributed by atoms with E-state index in [4.69, 9.17) is 19.0 Å². The Labute approximate surface area is 228 Å². The number of unbranched alkanes of at least 4 members (excludes halogenated alkanes) is 3. The molecule has 0 radical (unpaired) electrons. The summed E-state index contributed by atoms with van der Waals surface area (Å²) in [5.74, 6) is -0.811. The highest BCUT2D eigenvalue weighted by molar-refractivity contribution is 6.14. The fourth-order valence-corrected chi connectivity index (χ4v) is 4.96. The monoisotopic (exact) mass is 533 g/mol. The third-order valence-corrected chi connectivity index (χ3v) is 7.03. The van der Waals surface area contributed by atoms with Crippen LogP contribution >= 0.6 is 0 Å². The van der Waals surface area contributed by atoms with Gasteiger partial charge in [0.25, 0.3) is 5.91 Å². The molecule has 1 N–H and O–H groups in total. The lowest BCUT2D eigenvalue weighted by molar-refractivity contribution is -0.137. The van der Waals surface area contributed by atoms with E-state index in [0.29, 0.717) is 12.2 Å². The van der Waals surface area contributed by atoms with Crippen LogP contribution in [0.5, 0.6) is 0 Å². The van der Waals surface area contributed by atoms with Gasteiger partial charge in [-0.2, -0.15) is 0 Å². The van der Waals surface area contributed by atoms with Gasteiger partial charge >= 0.3 is 6.09 Å². The first-order valence-electron chi connectivity index (χ1n) is 13.3. The Morgan fingerprint density at radius 3 is 2.46 bits per heavy atom. The summed E-state index contributed by atoms with van der Waals surface area (Å²) in [6.07, 6.45) is 0.942. The van der Waals surface area contributed by atoms with E-state index in [1.54, 1.807) is 13.0 Å². The Balaban J connectivity index is 1.58. The van der Waals surface area contributed by atoms with E-state index >= 15 is 0 Å². The number of Topliss-reactive ketones (excluding diaryl/α,β-unsaturated/α-hetero) is 1. The number of aliphatic hydroxyl groups is 1. The molecule has 1 aliphatic rings. The number of carbonyl (C=O) groups is 3. The first-order valence-corrected chi connectivity index (χ1v) is 13.3. The Kier molecular flexibility index (Phi) is 9.32. The Bertz CT molecular complexity index is 1300. The second-order valence-electron chi connectivity index (χ2n) is 9.85. The van der Waals surface area contributed by atoms with Crippen molar-refractivity contribution in [2.24, 2.45) is 0 Å². The smallest absolute Gasteiger partial charge is 0.417 e. The summed E-state index contributed by atoms with van der Waals surface area (Å²) in [6.45, 7) is 3.85. The van der Waals surface area contributed by atoms with Crippen LogP contribution in [-0.4, -0.2) is 53.7 Å². The number of methoxy groups -OCH3 is 1. The zero-order chi connectivity index (χ0) is 27.9. The van der Waals surface area contributed by atoms with E-state index < -0.39 is 36.0 Å². The molecule has 3 aromatic rings. The molecule has 1 fully saturated rings. The molecule has 1 aromatic heterocycles. The minimum absolute atomic E-state index is 0.00288. The summed E-state index contributed by atoms with van der Waals surface area (Å²) >= 11 is 0. The molecule has 8 nitrogen and oxygen atoms in total. The fraction of sp³-hybridized carbons (Fsp3) is 0.387. The van der Waals surface area contributed by atoms with Gasteiger partial charge in [0.1, 0.15) is 11.9 Å². The maximum Gasteiger partial charge on any atom is 0.417 e.